The topological polar surface area (TPSA) is 26.3 Å². The highest BCUT2D eigenvalue weighted by molar-refractivity contribution is 9.08. The number of ether oxygens (including phenoxy) is 1. The van der Waals surface area contributed by atoms with E-state index in [0.717, 1.165) is 11.1 Å². The molecule has 0 atom stereocenters. The molecule has 0 aliphatic heterocycles. The number of hydrogen-bond donors (Lipinski definition) is 0. The van der Waals surface area contributed by atoms with Gasteiger partial charge >= 0.3 is 5.97 Å². The molecule has 0 aromatic heterocycles. The fourth-order valence-electron chi connectivity index (χ4n) is 1.19. The molecule has 0 saturated heterocycles. The lowest BCUT2D eigenvalue weighted by molar-refractivity contribution is 0.0600. The first-order valence-corrected chi connectivity index (χ1v) is 5.31. The predicted molar refractivity (Wildman–Crippen MR) is 59.9 cm³/mol. The number of hydrogen-bond acceptors (Lipinski definition) is 2. The van der Waals surface area contributed by atoms with Gasteiger partial charge in [-0.05, 0) is 17.7 Å². The van der Waals surface area contributed by atoms with Crippen LogP contribution in [-0.4, -0.2) is 20.9 Å². The van der Waals surface area contributed by atoms with Crippen LogP contribution in [0.3, 0.4) is 0 Å². The molecule has 0 fully saturated rings. The van der Waals surface area contributed by atoms with Crippen LogP contribution >= 0.6 is 15.9 Å². The van der Waals surface area contributed by atoms with Crippen LogP contribution < -0.4 is 0 Å². The number of alkyl halides is 1. The summed E-state index contributed by atoms with van der Waals surface area (Å²) < 4.78 is 4.62. The fourth-order valence-corrected chi connectivity index (χ4v) is 1.72. The van der Waals surface area contributed by atoms with E-state index in [1.165, 1.54) is 7.11 Å². The highest BCUT2D eigenvalue weighted by Gasteiger charge is 2.07. The molecule has 1 aromatic rings. The third-order valence-corrected chi connectivity index (χ3v) is 2.60. The van der Waals surface area contributed by atoms with Crippen molar-refractivity contribution in [2.45, 2.75) is 11.7 Å². The van der Waals surface area contributed by atoms with E-state index in [1.807, 2.05) is 6.07 Å². The van der Waals surface area contributed by atoms with Crippen molar-refractivity contribution in [2.24, 2.45) is 0 Å². The average molecular weight is 253 g/mol. The number of benzene rings is 1. The van der Waals surface area contributed by atoms with Crippen LogP contribution in [0.5, 0.6) is 0 Å². The largest absolute Gasteiger partial charge is 0.465 e. The van der Waals surface area contributed by atoms with Gasteiger partial charge in [0.2, 0.25) is 0 Å². The van der Waals surface area contributed by atoms with Crippen LogP contribution in [0.2, 0.25) is 0 Å². The van der Waals surface area contributed by atoms with Crippen molar-refractivity contribution in [3.05, 3.63) is 34.9 Å². The van der Waals surface area contributed by atoms with E-state index in [1.54, 1.807) is 12.1 Å². The van der Waals surface area contributed by atoms with E-state index in [0.29, 0.717) is 17.2 Å². The molecule has 0 unspecified atom stereocenters. The van der Waals surface area contributed by atoms with Crippen molar-refractivity contribution in [3.63, 3.8) is 0 Å². The second-order valence-corrected chi connectivity index (χ2v) is 3.37. The Morgan fingerprint density at radius 1 is 1.50 bits per heavy atom. The highest BCUT2D eigenvalue weighted by Crippen LogP contribution is 2.15. The Bertz CT molecular complexity index is 339. The summed E-state index contributed by atoms with van der Waals surface area (Å²) in [5.41, 5.74) is 2.61. The molecule has 4 heteroatoms. The van der Waals surface area contributed by atoms with Gasteiger partial charge < -0.3 is 4.74 Å². The van der Waals surface area contributed by atoms with Crippen LogP contribution in [0.25, 0.3) is 0 Å². The molecule has 1 aromatic carbocycles. The Balaban J connectivity index is 3.07. The summed E-state index contributed by atoms with van der Waals surface area (Å²) in [6, 6.07) is 5.37. The summed E-state index contributed by atoms with van der Waals surface area (Å²) in [4.78, 5) is 11.2. The minimum absolute atomic E-state index is 0.323. The lowest BCUT2D eigenvalue weighted by Gasteiger charge is -2.06. The predicted octanol–water partition coefficient (Wildman–Crippen LogP) is 2.04. The minimum atomic E-state index is -0.323. The minimum Gasteiger partial charge on any atom is -0.465 e. The first kappa shape index (κ1) is 11.3. The molecule has 0 heterocycles. The fraction of sp³-hybridized carbons (Fsp3) is 0.300. The lowest BCUT2D eigenvalue weighted by atomic mass is 9.92. The lowest BCUT2D eigenvalue weighted by Crippen LogP contribution is -2.03. The van der Waals surface area contributed by atoms with E-state index in [9.17, 15) is 4.79 Å². The third kappa shape index (κ3) is 2.38. The maximum atomic E-state index is 11.2. The van der Waals surface area contributed by atoms with Crippen LogP contribution in [0, 0.1) is 0 Å². The van der Waals surface area contributed by atoms with Gasteiger partial charge in [-0.3, -0.25) is 0 Å². The van der Waals surface area contributed by atoms with Gasteiger partial charge in [-0.25, -0.2) is 4.79 Å². The monoisotopic (exact) mass is 252 g/mol. The Hall–Kier alpha value is -0.765. The number of carbonyl (C=O) groups is 1. The number of esters is 1. The molecule has 2 radical (unpaired) electrons. The Morgan fingerprint density at radius 3 is 2.71 bits per heavy atom. The zero-order chi connectivity index (χ0) is 10.6. The molecule has 1 rings (SSSR count). The zero-order valence-electron chi connectivity index (χ0n) is 7.92. The molecule has 0 aliphatic carbocycles. The van der Waals surface area contributed by atoms with Gasteiger partial charge in [0, 0.05) is 5.33 Å². The second-order valence-electron chi connectivity index (χ2n) is 2.81. The van der Waals surface area contributed by atoms with E-state index < -0.39 is 0 Å². The molecular weight excluding hydrogens is 243 g/mol. The normalized spacial score (nSPS) is 9.86. The molecule has 2 nitrogen and oxygen atoms in total. The molecule has 0 aliphatic rings. The Morgan fingerprint density at radius 2 is 2.21 bits per heavy atom. The summed E-state index contributed by atoms with van der Waals surface area (Å²) in [5.74, 6) is -0.323. The first-order valence-electron chi connectivity index (χ1n) is 4.19. The molecular formula is C10H10BBrO2. The van der Waals surface area contributed by atoms with Crippen molar-refractivity contribution in [1.29, 1.82) is 0 Å². The van der Waals surface area contributed by atoms with Crippen LogP contribution in [0.1, 0.15) is 21.5 Å². The van der Waals surface area contributed by atoms with Crippen molar-refractivity contribution < 1.29 is 9.53 Å². The SMILES string of the molecule is [B]Cc1ccc(C(=O)OC)cc1CBr. The Labute approximate surface area is 93.2 Å². The second kappa shape index (κ2) is 5.20. The van der Waals surface area contributed by atoms with E-state index in [-0.39, 0.29) is 5.97 Å². The summed E-state index contributed by atoms with van der Waals surface area (Å²) in [6.07, 6.45) is 0.475. The molecule has 0 N–H and O–H groups in total. The standard InChI is InChI=1S/C10H10BBrO2/c1-14-10(13)7-2-3-8(5-11)9(4-7)6-12/h2-4H,5-6H2,1H3. The van der Waals surface area contributed by atoms with Gasteiger partial charge in [-0.1, -0.05) is 33.9 Å². The van der Waals surface area contributed by atoms with Gasteiger partial charge in [0.15, 0.2) is 0 Å². The van der Waals surface area contributed by atoms with Gasteiger partial charge in [0.25, 0.3) is 0 Å². The number of carbonyl (C=O) groups excluding carboxylic acids is 1. The van der Waals surface area contributed by atoms with E-state index in [2.05, 4.69) is 20.7 Å². The van der Waals surface area contributed by atoms with Gasteiger partial charge in [0.05, 0.1) is 20.5 Å². The van der Waals surface area contributed by atoms with Crippen LogP contribution in [0.15, 0.2) is 18.2 Å². The van der Waals surface area contributed by atoms with Crippen LogP contribution in [-0.2, 0) is 16.4 Å². The van der Waals surface area contributed by atoms with Crippen molar-refractivity contribution >= 4 is 29.7 Å². The molecule has 0 saturated carbocycles. The van der Waals surface area contributed by atoms with Crippen molar-refractivity contribution in [1.82, 2.24) is 0 Å². The van der Waals surface area contributed by atoms with Crippen molar-refractivity contribution in [3.8, 4) is 0 Å². The summed E-state index contributed by atoms with van der Waals surface area (Å²) in [7, 11) is 6.92. The smallest absolute Gasteiger partial charge is 0.337 e. The number of halogens is 1. The van der Waals surface area contributed by atoms with E-state index >= 15 is 0 Å². The highest BCUT2D eigenvalue weighted by atomic mass is 79.9. The van der Waals surface area contributed by atoms with E-state index in [4.69, 9.17) is 7.85 Å². The number of rotatable bonds is 3. The molecule has 72 valence electrons. The average Bonchev–Trinajstić information content (AvgIpc) is 2.26. The molecule has 14 heavy (non-hydrogen) atoms. The number of methoxy groups -OCH3 is 1. The quantitative estimate of drug-likeness (QED) is 0.468. The molecule has 0 amide bonds. The third-order valence-electron chi connectivity index (χ3n) is 1.99. The Kier molecular flexibility index (Phi) is 4.20. The first-order chi connectivity index (χ1) is 6.72. The zero-order valence-corrected chi connectivity index (χ0v) is 9.50. The van der Waals surface area contributed by atoms with Crippen LogP contribution in [0.4, 0.5) is 0 Å². The van der Waals surface area contributed by atoms with Gasteiger partial charge in [0.1, 0.15) is 0 Å². The molecule has 0 bridgehead atoms. The molecule has 0 spiro atoms. The maximum Gasteiger partial charge on any atom is 0.337 e. The van der Waals surface area contributed by atoms with Gasteiger partial charge in [-0.15, -0.1) is 0 Å². The summed E-state index contributed by atoms with van der Waals surface area (Å²) in [6.45, 7) is 0. The summed E-state index contributed by atoms with van der Waals surface area (Å²) >= 11 is 3.35. The van der Waals surface area contributed by atoms with Gasteiger partial charge in [-0.2, -0.15) is 0 Å². The maximum absolute atomic E-state index is 11.2. The summed E-state index contributed by atoms with van der Waals surface area (Å²) in [5, 5.41) is 0.685. The van der Waals surface area contributed by atoms with Crippen molar-refractivity contribution in [2.75, 3.05) is 7.11 Å².